The van der Waals surface area contributed by atoms with Gasteiger partial charge >= 0.3 is 0 Å². The van der Waals surface area contributed by atoms with Gasteiger partial charge in [-0.2, -0.15) is 0 Å². The number of imidazole rings is 1. The van der Waals surface area contributed by atoms with Crippen molar-refractivity contribution in [2.45, 2.75) is 38.3 Å². The molecule has 0 radical (unpaired) electrons. The summed E-state index contributed by atoms with van der Waals surface area (Å²) in [6.07, 6.45) is 6.26. The largest absolute Gasteiger partial charge is 0.480 e. The molecule has 2 aliphatic heterocycles. The lowest BCUT2D eigenvalue weighted by atomic mass is 10.0. The van der Waals surface area contributed by atoms with Crippen molar-refractivity contribution in [3.63, 3.8) is 0 Å². The quantitative estimate of drug-likeness (QED) is 0.855. The number of piperidine rings is 1. The van der Waals surface area contributed by atoms with Crippen molar-refractivity contribution < 1.29 is 9.53 Å². The highest BCUT2D eigenvalue weighted by molar-refractivity contribution is 5.82. The Bertz CT molecular complexity index is 700. The first-order valence-corrected chi connectivity index (χ1v) is 8.25. The van der Waals surface area contributed by atoms with Gasteiger partial charge in [0.2, 0.25) is 0 Å². The van der Waals surface area contributed by atoms with E-state index in [2.05, 4.69) is 9.55 Å². The summed E-state index contributed by atoms with van der Waals surface area (Å²) in [6.45, 7) is 3.57. The second-order valence-electron chi connectivity index (χ2n) is 6.38. The third-order valence-corrected chi connectivity index (χ3v) is 4.89. The Kier molecular flexibility index (Phi) is 3.56. The minimum atomic E-state index is -0.366. The number of likely N-dealkylation sites (tertiary alicyclic amines) is 1. The van der Waals surface area contributed by atoms with E-state index in [1.807, 2.05) is 48.5 Å². The van der Waals surface area contributed by atoms with E-state index in [4.69, 9.17) is 4.74 Å². The maximum absolute atomic E-state index is 12.8. The molecular formula is C18H21N3O2. The molecule has 0 aliphatic carbocycles. The Morgan fingerprint density at radius 2 is 2.22 bits per heavy atom. The minimum Gasteiger partial charge on any atom is -0.480 e. The number of aromatic nitrogens is 2. The first-order valence-electron chi connectivity index (χ1n) is 8.25. The molecule has 1 fully saturated rings. The normalized spacial score (nSPS) is 23.4. The van der Waals surface area contributed by atoms with E-state index >= 15 is 0 Å². The van der Waals surface area contributed by atoms with Gasteiger partial charge in [-0.1, -0.05) is 18.2 Å². The summed E-state index contributed by atoms with van der Waals surface area (Å²) in [4.78, 5) is 19.1. The van der Waals surface area contributed by atoms with Crippen LogP contribution in [0.5, 0.6) is 5.75 Å². The average molecular weight is 311 g/mol. The molecule has 23 heavy (non-hydrogen) atoms. The smallest absolute Gasteiger partial charge is 0.264 e. The fourth-order valence-electron chi connectivity index (χ4n) is 3.68. The number of hydrogen-bond acceptors (Lipinski definition) is 3. The van der Waals surface area contributed by atoms with Crippen LogP contribution in [0.3, 0.4) is 0 Å². The van der Waals surface area contributed by atoms with Crippen molar-refractivity contribution >= 4 is 5.91 Å². The highest BCUT2D eigenvalue weighted by Crippen LogP contribution is 2.30. The van der Waals surface area contributed by atoms with Crippen LogP contribution in [-0.2, 0) is 11.2 Å². The molecule has 2 aromatic rings. The van der Waals surface area contributed by atoms with Crippen molar-refractivity contribution in [3.8, 4) is 5.75 Å². The molecule has 2 atom stereocenters. The van der Waals surface area contributed by atoms with Crippen LogP contribution in [-0.4, -0.2) is 39.6 Å². The SMILES string of the molecule is Cc1nccn1[C@@H]1CCCN(C(=O)[C@H]2Cc3ccccc3O2)C1. The van der Waals surface area contributed by atoms with Crippen LogP contribution in [0.25, 0.3) is 0 Å². The lowest BCUT2D eigenvalue weighted by Gasteiger charge is -2.35. The molecule has 1 aromatic carbocycles. The molecule has 1 amide bonds. The summed E-state index contributed by atoms with van der Waals surface area (Å²) in [6, 6.07) is 8.24. The van der Waals surface area contributed by atoms with Crippen LogP contribution >= 0.6 is 0 Å². The van der Waals surface area contributed by atoms with Crippen LogP contribution in [0.4, 0.5) is 0 Å². The second-order valence-corrected chi connectivity index (χ2v) is 6.38. The first-order chi connectivity index (χ1) is 11.2. The molecule has 1 aromatic heterocycles. The Morgan fingerprint density at radius 1 is 1.35 bits per heavy atom. The third-order valence-electron chi connectivity index (χ3n) is 4.89. The Hall–Kier alpha value is -2.30. The summed E-state index contributed by atoms with van der Waals surface area (Å²) < 4.78 is 8.05. The van der Waals surface area contributed by atoms with Crippen LogP contribution in [0.1, 0.15) is 30.3 Å². The van der Waals surface area contributed by atoms with Crippen LogP contribution in [0, 0.1) is 6.92 Å². The van der Waals surface area contributed by atoms with Crippen LogP contribution in [0.15, 0.2) is 36.7 Å². The Balaban J connectivity index is 1.46. The molecule has 0 unspecified atom stereocenters. The highest BCUT2D eigenvalue weighted by Gasteiger charge is 2.34. The maximum atomic E-state index is 12.8. The summed E-state index contributed by atoms with van der Waals surface area (Å²) in [5.74, 6) is 1.97. The van der Waals surface area contributed by atoms with Crippen LogP contribution in [0.2, 0.25) is 0 Å². The van der Waals surface area contributed by atoms with Gasteiger partial charge in [0.1, 0.15) is 11.6 Å². The standard InChI is InChI=1S/C18H21N3O2/c1-13-19-8-10-21(13)15-6-4-9-20(12-15)18(22)17-11-14-5-2-3-7-16(14)23-17/h2-3,5,7-8,10,15,17H,4,6,9,11-12H2,1H3/t15-,17-/m1/s1. The lowest BCUT2D eigenvalue weighted by molar-refractivity contribution is -0.139. The molecule has 0 N–H and O–H groups in total. The molecule has 5 nitrogen and oxygen atoms in total. The molecule has 4 rings (SSSR count). The molecule has 0 saturated carbocycles. The van der Waals surface area contributed by atoms with E-state index in [9.17, 15) is 4.79 Å². The van der Waals surface area contributed by atoms with Gasteiger partial charge in [0.25, 0.3) is 5.91 Å². The number of rotatable bonds is 2. The van der Waals surface area contributed by atoms with Gasteiger partial charge in [0.15, 0.2) is 6.10 Å². The van der Waals surface area contributed by atoms with Gasteiger partial charge < -0.3 is 14.2 Å². The molecule has 3 heterocycles. The van der Waals surface area contributed by atoms with E-state index in [-0.39, 0.29) is 12.0 Å². The number of aryl methyl sites for hydroxylation is 1. The van der Waals surface area contributed by atoms with Gasteiger partial charge in [-0.05, 0) is 31.4 Å². The van der Waals surface area contributed by atoms with Crippen molar-refractivity contribution in [2.24, 2.45) is 0 Å². The van der Waals surface area contributed by atoms with E-state index in [1.54, 1.807) is 0 Å². The molecule has 0 spiro atoms. The van der Waals surface area contributed by atoms with Crippen molar-refractivity contribution in [1.82, 2.24) is 14.5 Å². The number of carbonyl (C=O) groups excluding carboxylic acids is 1. The summed E-state index contributed by atoms with van der Waals surface area (Å²) in [7, 11) is 0. The number of benzene rings is 1. The summed E-state index contributed by atoms with van der Waals surface area (Å²) in [5, 5.41) is 0. The molecule has 120 valence electrons. The fraction of sp³-hybridized carbons (Fsp3) is 0.444. The highest BCUT2D eigenvalue weighted by atomic mass is 16.5. The molecular weight excluding hydrogens is 290 g/mol. The predicted octanol–water partition coefficient (Wildman–Crippen LogP) is 2.36. The van der Waals surface area contributed by atoms with Crippen molar-refractivity contribution in [1.29, 1.82) is 0 Å². The number of carbonyl (C=O) groups is 1. The first kappa shape index (κ1) is 14.3. The van der Waals surface area contributed by atoms with E-state index in [1.165, 1.54) is 0 Å². The van der Waals surface area contributed by atoms with Gasteiger partial charge in [-0.25, -0.2) is 4.98 Å². The van der Waals surface area contributed by atoms with Gasteiger partial charge in [-0.3, -0.25) is 4.79 Å². The predicted molar refractivity (Wildman–Crippen MR) is 86.4 cm³/mol. The van der Waals surface area contributed by atoms with Gasteiger partial charge in [-0.15, -0.1) is 0 Å². The maximum Gasteiger partial charge on any atom is 0.264 e. The number of amides is 1. The van der Waals surface area contributed by atoms with Crippen molar-refractivity contribution in [2.75, 3.05) is 13.1 Å². The number of ether oxygens (including phenoxy) is 1. The third kappa shape index (κ3) is 2.60. The number of fused-ring (bicyclic) bond motifs is 1. The zero-order valence-electron chi connectivity index (χ0n) is 13.3. The monoisotopic (exact) mass is 311 g/mol. The van der Waals surface area contributed by atoms with Gasteiger partial charge in [0, 0.05) is 31.9 Å². The van der Waals surface area contributed by atoms with E-state index < -0.39 is 0 Å². The number of nitrogens with zero attached hydrogens (tertiary/aromatic N) is 3. The van der Waals surface area contributed by atoms with E-state index in [0.29, 0.717) is 12.5 Å². The fourth-order valence-corrected chi connectivity index (χ4v) is 3.68. The molecule has 5 heteroatoms. The molecule has 2 aliphatic rings. The number of hydrogen-bond donors (Lipinski definition) is 0. The van der Waals surface area contributed by atoms with Crippen LogP contribution < -0.4 is 4.74 Å². The van der Waals surface area contributed by atoms with Gasteiger partial charge in [0.05, 0.1) is 6.04 Å². The summed E-state index contributed by atoms with van der Waals surface area (Å²) in [5.41, 5.74) is 1.13. The molecule has 0 bridgehead atoms. The minimum absolute atomic E-state index is 0.115. The summed E-state index contributed by atoms with van der Waals surface area (Å²) >= 11 is 0. The Labute approximate surface area is 135 Å². The topological polar surface area (TPSA) is 47.4 Å². The zero-order valence-corrected chi connectivity index (χ0v) is 13.3. The average Bonchev–Trinajstić information content (AvgIpc) is 3.20. The second kappa shape index (κ2) is 5.72. The molecule has 1 saturated heterocycles. The van der Waals surface area contributed by atoms with E-state index in [0.717, 1.165) is 43.1 Å². The lowest BCUT2D eigenvalue weighted by Crippen LogP contribution is -2.46. The Morgan fingerprint density at radius 3 is 3.00 bits per heavy atom. The number of para-hydroxylation sites is 1. The van der Waals surface area contributed by atoms with Crippen molar-refractivity contribution in [3.05, 3.63) is 48.0 Å². The zero-order chi connectivity index (χ0) is 15.8.